The molecule has 0 radical (unpaired) electrons. The number of ketones is 1. The van der Waals surface area contributed by atoms with Crippen LogP contribution in [0, 0.1) is 19.8 Å². The zero-order valence-corrected chi connectivity index (χ0v) is 13.1. The van der Waals surface area contributed by atoms with Crippen molar-refractivity contribution >= 4 is 33.3 Å². The zero-order chi connectivity index (χ0) is 14.2. The number of hydrogen-bond acceptors (Lipinski definition) is 2. The third-order valence-corrected chi connectivity index (χ3v) is 4.55. The van der Waals surface area contributed by atoms with Crippen molar-refractivity contribution in [2.75, 3.05) is 16.8 Å². The summed E-state index contributed by atoms with van der Waals surface area (Å²) in [5, 5.41) is 0.835. The number of nitrogens with zero attached hydrogens (tertiary/aromatic N) is 1. The maximum Gasteiger partial charge on any atom is 0.299 e. The number of aryl methyl sites for hydroxylation is 2. The molecule has 0 spiro atoms. The second-order valence-electron chi connectivity index (χ2n) is 5.15. The number of carbonyl (C=O) groups excluding carboxylic acids is 2. The van der Waals surface area contributed by atoms with Gasteiger partial charge in [-0.05, 0) is 37.0 Å². The first-order valence-corrected chi connectivity index (χ1v) is 7.65. The Morgan fingerprint density at radius 3 is 2.53 bits per heavy atom. The quantitative estimate of drug-likeness (QED) is 0.630. The van der Waals surface area contributed by atoms with Gasteiger partial charge in [-0.3, -0.25) is 9.59 Å². The van der Waals surface area contributed by atoms with Gasteiger partial charge < -0.3 is 4.90 Å². The van der Waals surface area contributed by atoms with Gasteiger partial charge in [0.15, 0.2) is 0 Å². The Morgan fingerprint density at radius 2 is 1.95 bits per heavy atom. The van der Waals surface area contributed by atoms with E-state index in [9.17, 15) is 9.59 Å². The van der Waals surface area contributed by atoms with E-state index in [4.69, 9.17) is 0 Å². The van der Waals surface area contributed by atoms with Crippen LogP contribution in [0.4, 0.5) is 5.69 Å². The first kappa shape index (κ1) is 14.3. The van der Waals surface area contributed by atoms with E-state index in [1.807, 2.05) is 26.0 Å². The maximum atomic E-state index is 12.2. The molecule has 4 heteroatoms. The number of halogens is 1. The fourth-order valence-corrected chi connectivity index (χ4v) is 3.21. The van der Waals surface area contributed by atoms with Crippen LogP contribution in [-0.4, -0.2) is 23.6 Å². The molecule has 1 amide bonds. The lowest BCUT2D eigenvalue weighted by atomic mass is 10.0. The van der Waals surface area contributed by atoms with Crippen LogP contribution < -0.4 is 4.90 Å². The van der Waals surface area contributed by atoms with Crippen LogP contribution in [0.1, 0.15) is 34.8 Å². The normalized spacial score (nSPS) is 15.9. The van der Waals surface area contributed by atoms with Gasteiger partial charge in [0.25, 0.3) is 11.7 Å². The average Bonchev–Trinajstić information content (AvgIpc) is 2.61. The van der Waals surface area contributed by atoms with Gasteiger partial charge in [0.2, 0.25) is 0 Å². The van der Waals surface area contributed by atoms with Gasteiger partial charge in [-0.1, -0.05) is 35.3 Å². The molecule has 0 aliphatic carbocycles. The fourth-order valence-electron chi connectivity index (χ4n) is 2.55. The minimum absolute atomic E-state index is 0.364. The summed E-state index contributed by atoms with van der Waals surface area (Å²) in [5.41, 5.74) is 3.39. The van der Waals surface area contributed by atoms with Crippen molar-refractivity contribution in [1.82, 2.24) is 0 Å². The summed E-state index contributed by atoms with van der Waals surface area (Å²) in [5.74, 6) is -0.391. The van der Waals surface area contributed by atoms with Crippen molar-refractivity contribution in [2.45, 2.75) is 27.2 Å². The highest BCUT2D eigenvalue weighted by Gasteiger charge is 2.37. The molecule has 0 N–H and O–H groups in total. The van der Waals surface area contributed by atoms with E-state index in [-0.39, 0.29) is 11.7 Å². The van der Waals surface area contributed by atoms with Crippen LogP contribution >= 0.6 is 15.9 Å². The van der Waals surface area contributed by atoms with E-state index in [1.54, 1.807) is 4.90 Å². The molecule has 1 heterocycles. The molecule has 0 saturated heterocycles. The Labute approximate surface area is 122 Å². The molecular formula is C15H18BrNO2. The van der Waals surface area contributed by atoms with Crippen LogP contribution in [0.5, 0.6) is 0 Å². The molecule has 3 nitrogen and oxygen atoms in total. The topological polar surface area (TPSA) is 37.4 Å². The lowest BCUT2D eigenvalue weighted by Gasteiger charge is -2.23. The Balaban J connectivity index is 2.44. The van der Waals surface area contributed by atoms with Gasteiger partial charge in [0.05, 0.1) is 11.3 Å². The van der Waals surface area contributed by atoms with E-state index >= 15 is 0 Å². The SMILES string of the molecule is CCC(CBr)CN1C(=O)C(=O)c2cc(C)cc(C)c21. The summed E-state index contributed by atoms with van der Waals surface area (Å²) in [7, 11) is 0. The highest BCUT2D eigenvalue weighted by Crippen LogP contribution is 2.34. The molecule has 0 fully saturated rings. The molecule has 102 valence electrons. The number of carbonyl (C=O) groups is 2. The number of benzene rings is 1. The molecule has 2 rings (SSSR count). The minimum atomic E-state index is -0.386. The highest BCUT2D eigenvalue weighted by molar-refractivity contribution is 9.09. The number of fused-ring (bicyclic) bond motifs is 1. The summed E-state index contributed by atoms with van der Waals surface area (Å²) in [4.78, 5) is 25.9. The van der Waals surface area contributed by atoms with Crippen LogP contribution in [-0.2, 0) is 4.79 Å². The van der Waals surface area contributed by atoms with Crippen molar-refractivity contribution in [1.29, 1.82) is 0 Å². The summed E-state index contributed by atoms with van der Waals surface area (Å²) >= 11 is 3.47. The van der Waals surface area contributed by atoms with Gasteiger partial charge >= 0.3 is 0 Å². The number of amides is 1. The smallest absolute Gasteiger partial charge is 0.299 e. The lowest BCUT2D eigenvalue weighted by Crippen LogP contribution is -2.35. The third-order valence-electron chi connectivity index (χ3n) is 3.64. The Kier molecular flexibility index (Phi) is 4.09. The summed E-state index contributed by atoms with van der Waals surface area (Å²) in [6.45, 7) is 6.60. The van der Waals surface area contributed by atoms with Crippen LogP contribution in [0.25, 0.3) is 0 Å². The minimum Gasteiger partial charge on any atom is -0.304 e. The number of hydrogen-bond donors (Lipinski definition) is 0. The number of anilines is 1. The van der Waals surface area contributed by atoms with Gasteiger partial charge in [0, 0.05) is 11.9 Å². The van der Waals surface area contributed by atoms with E-state index in [1.165, 1.54) is 0 Å². The Bertz CT molecular complexity index is 535. The predicted octanol–water partition coefficient (Wildman–Crippen LogP) is 3.25. The molecule has 1 atom stereocenters. The van der Waals surface area contributed by atoms with Gasteiger partial charge in [0.1, 0.15) is 0 Å². The summed E-state index contributed by atoms with van der Waals surface area (Å²) in [6.07, 6.45) is 0.976. The Hall–Kier alpha value is -1.16. The first-order valence-electron chi connectivity index (χ1n) is 6.53. The molecule has 1 unspecified atom stereocenters. The molecule has 1 aliphatic rings. The molecule has 1 aromatic carbocycles. The van der Waals surface area contributed by atoms with Crippen molar-refractivity contribution in [2.24, 2.45) is 5.92 Å². The largest absolute Gasteiger partial charge is 0.304 e. The third kappa shape index (κ3) is 2.46. The number of rotatable bonds is 4. The second-order valence-corrected chi connectivity index (χ2v) is 5.80. The predicted molar refractivity (Wildman–Crippen MR) is 80.2 cm³/mol. The molecule has 19 heavy (non-hydrogen) atoms. The van der Waals surface area contributed by atoms with Crippen molar-refractivity contribution in [3.8, 4) is 0 Å². The Morgan fingerprint density at radius 1 is 1.26 bits per heavy atom. The molecule has 1 aromatic rings. The van der Waals surface area contributed by atoms with Crippen molar-refractivity contribution in [3.63, 3.8) is 0 Å². The molecular weight excluding hydrogens is 306 g/mol. The van der Waals surface area contributed by atoms with Crippen molar-refractivity contribution in [3.05, 3.63) is 28.8 Å². The van der Waals surface area contributed by atoms with Gasteiger partial charge in [-0.2, -0.15) is 0 Å². The van der Waals surface area contributed by atoms with Crippen LogP contribution in [0.3, 0.4) is 0 Å². The van der Waals surface area contributed by atoms with Gasteiger partial charge in [-0.15, -0.1) is 0 Å². The van der Waals surface area contributed by atoms with Crippen molar-refractivity contribution < 1.29 is 9.59 Å². The number of Topliss-reactive ketones (excluding diaryl/α,β-unsaturated/α-hetero) is 1. The molecule has 0 aromatic heterocycles. The van der Waals surface area contributed by atoms with Crippen LogP contribution in [0.2, 0.25) is 0 Å². The van der Waals surface area contributed by atoms with Gasteiger partial charge in [-0.25, -0.2) is 0 Å². The van der Waals surface area contributed by atoms with Crippen LogP contribution in [0.15, 0.2) is 12.1 Å². The summed E-state index contributed by atoms with van der Waals surface area (Å²) in [6, 6.07) is 3.84. The zero-order valence-electron chi connectivity index (χ0n) is 11.5. The lowest BCUT2D eigenvalue weighted by molar-refractivity contribution is -0.114. The maximum absolute atomic E-state index is 12.2. The van der Waals surface area contributed by atoms with E-state index < -0.39 is 0 Å². The molecule has 0 saturated carbocycles. The standard InChI is InChI=1S/C15H18BrNO2/c1-4-11(7-16)8-17-13-10(3)5-9(2)6-12(13)14(18)15(17)19/h5-6,11H,4,7-8H2,1-3H3. The summed E-state index contributed by atoms with van der Waals surface area (Å²) < 4.78 is 0. The monoisotopic (exact) mass is 323 g/mol. The second kappa shape index (κ2) is 5.45. The first-order chi connectivity index (χ1) is 8.99. The highest BCUT2D eigenvalue weighted by atomic mass is 79.9. The van der Waals surface area contributed by atoms with E-state index in [2.05, 4.69) is 22.9 Å². The van der Waals surface area contributed by atoms with E-state index in [0.717, 1.165) is 28.6 Å². The molecule has 0 bridgehead atoms. The number of alkyl halides is 1. The average molecular weight is 324 g/mol. The van der Waals surface area contributed by atoms with E-state index in [0.29, 0.717) is 18.0 Å². The fraction of sp³-hybridized carbons (Fsp3) is 0.467. The molecule has 1 aliphatic heterocycles.